The van der Waals surface area contributed by atoms with Crippen LogP contribution in [0.3, 0.4) is 0 Å². The summed E-state index contributed by atoms with van der Waals surface area (Å²) >= 11 is 0. The molecule has 0 radical (unpaired) electrons. The standard InChI is InChI=1S/C16H22N2O/c1-18-14-5-3-12(9-13(14)4-6-15(18)19)10-16(11-17)7-2-8-16/h3,5,9H,2,4,6-8,10-11,17H2,1H3. The van der Waals surface area contributed by atoms with Crippen LogP contribution in [0.15, 0.2) is 18.2 Å². The molecule has 1 aliphatic carbocycles. The van der Waals surface area contributed by atoms with Gasteiger partial charge in [-0.2, -0.15) is 0 Å². The van der Waals surface area contributed by atoms with E-state index in [2.05, 4.69) is 18.2 Å². The van der Waals surface area contributed by atoms with Crippen molar-refractivity contribution in [2.24, 2.45) is 11.1 Å². The molecule has 3 rings (SSSR count). The molecule has 3 nitrogen and oxygen atoms in total. The molecule has 1 heterocycles. The van der Waals surface area contributed by atoms with Crippen molar-refractivity contribution in [1.82, 2.24) is 0 Å². The number of amides is 1. The fourth-order valence-corrected chi connectivity index (χ4v) is 3.38. The predicted molar refractivity (Wildman–Crippen MR) is 77.2 cm³/mol. The fourth-order valence-electron chi connectivity index (χ4n) is 3.38. The molecule has 1 saturated carbocycles. The Morgan fingerprint density at radius 2 is 2.11 bits per heavy atom. The van der Waals surface area contributed by atoms with Crippen molar-refractivity contribution in [2.75, 3.05) is 18.5 Å². The Kier molecular flexibility index (Phi) is 3.09. The lowest BCUT2D eigenvalue weighted by Gasteiger charge is -2.41. The maximum absolute atomic E-state index is 11.7. The molecule has 1 aliphatic heterocycles. The molecule has 0 saturated heterocycles. The molecule has 0 aromatic heterocycles. The van der Waals surface area contributed by atoms with Crippen molar-refractivity contribution < 1.29 is 4.79 Å². The molecule has 3 heteroatoms. The Hall–Kier alpha value is -1.35. The summed E-state index contributed by atoms with van der Waals surface area (Å²) in [7, 11) is 1.87. The Morgan fingerprint density at radius 3 is 2.74 bits per heavy atom. The molecule has 0 unspecified atom stereocenters. The minimum Gasteiger partial charge on any atom is -0.330 e. The van der Waals surface area contributed by atoms with Gasteiger partial charge >= 0.3 is 0 Å². The first kappa shape index (κ1) is 12.7. The summed E-state index contributed by atoms with van der Waals surface area (Å²) in [5.74, 6) is 0.220. The van der Waals surface area contributed by atoms with E-state index >= 15 is 0 Å². The van der Waals surface area contributed by atoms with Crippen molar-refractivity contribution in [3.63, 3.8) is 0 Å². The van der Waals surface area contributed by atoms with E-state index < -0.39 is 0 Å². The number of anilines is 1. The molecule has 1 aromatic carbocycles. The highest BCUT2D eigenvalue weighted by Crippen LogP contribution is 2.43. The smallest absolute Gasteiger partial charge is 0.227 e. The Balaban J connectivity index is 1.84. The SMILES string of the molecule is CN1C(=O)CCc2cc(CC3(CN)CCC3)ccc21. The molecular formula is C16H22N2O. The Labute approximate surface area is 114 Å². The molecule has 1 fully saturated rings. The molecule has 2 N–H and O–H groups in total. The van der Waals surface area contributed by atoms with E-state index in [1.165, 1.54) is 30.4 Å². The van der Waals surface area contributed by atoms with Crippen LogP contribution in [0.2, 0.25) is 0 Å². The number of carbonyl (C=O) groups excluding carboxylic acids is 1. The van der Waals surface area contributed by atoms with E-state index in [0.29, 0.717) is 11.8 Å². The number of rotatable bonds is 3. The van der Waals surface area contributed by atoms with Gasteiger partial charge in [-0.15, -0.1) is 0 Å². The first-order chi connectivity index (χ1) is 9.13. The summed E-state index contributed by atoms with van der Waals surface area (Å²) in [5.41, 5.74) is 10.1. The van der Waals surface area contributed by atoms with Crippen LogP contribution in [0.4, 0.5) is 5.69 Å². The lowest BCUT2D eigenvalue weighted by molar-refractivity contribution is -0.118. The molecule has 1 amide bonds. The summed E-state index contributed by atoms with van der Waals surface area (Å²) in [6.45, 7) is 0.794. The van der Waals surface area contributed by atoms with E-state index in [0.717, 1.165) is 25.1 Å². The van der Waals surface area contributed by atoms with E-state index in [-0.39, 0.29) is 5.91 Å². The zero-order chi connectivity index (χ0) is 13.5. The normalized spacial score (nSPS) is 20.9. The number of hydrogen-bond donors (Lipinski definition) is 1. The second kappa shape index (κ2) is 4.64. The van der Waals surface area contributed by atoms with Gasteiger partial charge in [0, 0.05) is 19.2 Å². The average Bonchev–Trinajstić information content (AvgIpc) is 2.38. The maximum atomic E-state index is 11.7. The second-order valence-corrected chi connectivity index (χ2v) is 6.15. The second-order valence-electron chi connectivity index (χ2n) is 6.15. The first-order valence-corrected chi connectivity index (χ1v) is 7.22. The van der Waals surface area contributed by atoms with Crippen LogP contribution in [-0.2, 0) is 17.6 Å². The highest BCUT2D eigenvalue weighted by atomic mass is 16.2. The van der Waals surface area contributed by atoms with Gasteiger partial charge in [-0.05, 0) is 54.8 Å². The first-order valence-electron chi connectivity index (χ1n) is 7.22. The Bertz CT molecular complexity index is 500. The quantitative estimate of drug-likeness (QED) is 0.904. The third-order valence-electron chi connectivity index (χ3n) is 4.91. The number of benzene rings is 1. The van der Waals surface area contributed by atoms with Crippen LogP contribution in [-0.4, -0.2) is 19.5 Å². The monoisotopic (exact) mass is 258 g/mol. The predicted octanol–water partition coefficient (Wildman–Crippen LogP) is 2.27. The summed E-state index contributed by atoms with van der Waals surface area (Å²) in [5, 5.41) is 0. The number of carbonyl (C=O) groups is 1. The van der Waals surface area contributed by atoms with E-state index in [9.17, 15) is 4.79 Å². The van der Waals surface area contributed by atoms with Gasteiger partial charge in [0.05, 0.1) is 0 Å². The third kappa shape index (κ3) is 2.16. The average molecular weight is 258 g/mol. The van der Waals surface area contributed by atoms with Gasteiger partial charge in [-0.3, -0.25) is 4.79 Å². The third-order valence-corrected chi connectivity index (χ3v) is 4.91. The molecule has 0 spiro atoms. The van der Waals surface area contributed by atoms with Crippen LogP contribution in [0, 0.1) is 5.41 Å². The molecule has 0 bridgehead atoms. The summed E-state index contributed by atoms with van der Waals surface area (Å²) in [6.07, 6.45) is 6.45. The summed E-state index contributed by atoms with van der Waals surface area (Å²) < 4.78 is 0. The van der Waals surface area contributed by atoms with E-state index in [1.807, 2.05) is 7.05 Å². The number of fused-ring (bicyclic) bond motifs is 1. The van der Waals surface area contributed by atoms with E-state index in [4.69, 9.17) is 5.73 Å². The molecule has 2 aliphatic rings. The molecule has 1 aromatic rings. The van der Waals surface area contributed by atoms with Crippen LogP contribution in [0.5, 0.6) is 0 Å². The summed E-state index contributed by atoms with van der Waals surface area (Å²) in [4.78, 5) is 13.5. The number of nitrogens with two attached hydrogens (primary N) is 1. The lowest BCUT2D eigenvalue weighted by Crippen LogP contribution is -2.39. The lowest BCUT2D eigenvalue weighted by atomic mass is 9.65. The van der Waals surface area contributed by atoms with Crippen molar-refractivity contribution in [1.29, 1.82) is 0 Å². The molecule has 102 valence electrons. The van der Waals surface area contributed by atoms with Gasteiger partial charge < -0.3 is 10.6 Å². The van der Waals surface area contributed by atoms with Gasteiger partial charge in [-0.1, -0.05) is 18.6 Å². The van der Waals surface area contributed by atoms with Crippen LogP contribution < -0.4 is 10.6 Å². The van der Waals surface area contributed by atoms with E-state index in [1.54, 1.807) is 4.90 Å². The largest absolute Gasteiger partial charge is 0.330 e. The zero-order valence-electron chi connectivity index (χ0n) is 11.6. The van der Waals surface area contributed by atoms with Crippen LogP contribution in [0.1, 0.15) is 36.8 Å². The summed E-state index contributed by atoms with van der Waals surface area (Å²) in [6, 6.07) is 6.56. The van der Waals surface area contributed by atoms with Gasteiger partial charge in [-0.25, -0.2) is 0 Å². The Morgan fingerprint density at radius 1 is 1.32 bits per heavy atom. The zero-order valence-corrected chi connectivity index (χ0v) is 11.6. The van der Waals surface area contributed by atoms with Crippen molar-refractivity contribution in [3.8, 4) is 0 Å². The maximum Gasteiger partial charge on any atom is 0.227 e. The topological polar surface area (TPSA) is 46.3 Å². The fraction of sp³-hybridized carbons (Fsp3) is 0.562. The van der Waals surface area contributed by atoms with Crippen molar-refractivity contribution in [3.05, 3.63) is 29.3 Å². The van der Waals surface area contributed by atoms with Gasteiger partial charge in [0.1, 0.15) is 0 Å². The van der Waals surface area contributed by atoms with Gasteiger partial charge in [0.25, 0.3) is 0 Å². The molecule has 19 heavy (non-hydrogen) atoms. The number of hydrogen-bond acceptors (Lipinski definition) is 2. The molecule has 0 atom stereocenters. The highest BCUT2D eigenvalue weighted by Gasteiger charge is 2.35. The van der Waals surface area contributed by atoms with Crippen molar-refractivity contribution >= 4 is 11.6 Å². The minimum atomic E-state index is 0.220. The van der Waals surface area contributed by atoms with Crippen LogP contribution in [0.25, 0.3) is 0 Å². The van der Waals surface area contributed by atoms with Crippen LogP contribution >= 0.6 is 0 Å². The highest BCUT2D eigenvalue weighted by molar-refractivity contribution is 5.95. The number of nitrogens with zero attached hydrogens (tertiary/aromatic N) is 1. The minimum absolute atomic E-state index is 0.220. The molecular weight excluding hydrogens is 236 g/mol. The van der Waals surface area contributed by atoms with Crippen molar-refractivity contribution in [2.45, 2.75) is 38.5 Å². The van der Waals surface area contributed by atoms with Gasteiger partial charge in [0.15, 0.2) is 0 Å². The number of aryl methyl sites for hydroxylation is 1. The van der Waals surface area contributed by atoms with Gasteiger partial charge in [0.2, 0.25) is 5.91 Å².